The van der Waals surface area contributed by atoms with E-state index in [-0.39, 0.29) is 10.7 Å². The lowest BCUT2D eigenvalue weighted by atomic mass is 9.99. The molecule has 2 unspecified atom stereocenters. The molecule has 0 spiro atoms. The van der Waals surface area contributed by atoms with Crippen molar-refractivity contribution < 1.29 is 8.42 Å². The van der Waals surface area contributed by atoms with Gasteiger partial charge in [0, 0.05) is 17.2 Å². The van der Waals surface area contributed by atoms with Crippen LogP contribution in [0.1, 0.15) is 26.2 Å². The van der Waals surface area contributed by atoms with Crippen molar-refractivity contribution >= 4 is 31.8 Å². The first-order valence-electron chi connectivity index (χ1n) is 6.56. The van der Waals surface area contributed by atoms with E-state index in [4.69, 9.17) is 5.84 Å². The Kier molecular flexibility index (Phi) is 5.00. The van der Waals surface area contributed by atoms with E-state index in [0.717, 1.165) is 6.42 Å². The van der Waals surface area contributed by atoms with E-state index in [1.807, 2.05) is 0 Å². The molecule has 0 aromatic carbocycles. The number of anilines is 1. The number of hydrogen-bond acceptors (Lipinski definition) is 5. The van der Waals surface area contributed by atoms with E-state index in [2.05, 4.69) is 38.0 Å². The topological polar surface area (TPSA) is 97.1 Å². The first kappa shape index (κ1) is 15.7. The third-order valence-corrected chi connectivity index (χ3v) is 5.69. The summed E-state index contributed by atoms with van der Waals surface area (Å²) in [5.74, 6) is 6.42. The molecule has 1 saturated carbocycles. The van der Waals surface area contributed by atoms with Crippen LogP contribution in [-0.4, -0.2) is 19.9 Å². The minimum Gasteiger partial charge on any atom is -0.307 e. The average Bonchev–Trinajstić information content (AvgIpc) is 2.82. The van der Waals surface area contributed by atoms with Gasteiger partial charge in [-0.25, -0.2) is 24.0 Å². The fourth-order valence-electron chi connectivity index (χ4n) is 2.55. The fourth-order valence-corrected chi connectivity index (χ4v) is 4.27. The third kappa shape index (κ3) is 3.49. The SMILES string of the molecule is CC1CCCC1CNS(=O)(=O)c1cc(Br)cnc1NN. The number of pyridine rings is 1. The summed E-state index contributed by atoms with van der Waals surface area (Å²) in [7, 11) is -3.62. The second-order valence-corrected chi connectivity index (χ2v) is 7.82. The number of nitrogens with two attached hydrogens (primary N) is 1. The molecule has 0 bridgehead atoms. The van der Waals surface area contributed by atoms with E-state index >= 15 is 0 Å². The minimum atomic E-state index is -3.62. The Labute approximate surface area is 127 Å². The Morgan fingerprint density at radius 3 is 2.85 bits per heavy atom. The zero-order valence-electron chi connectivity index (χ0n) is 11.3. The predicted octanol–water partition coefficient (Wildman–Crippen LogP) is 1.84. The summed E-state index contributed by atoms with van der Waals surface area (Å²) < 4.78 is 28.0. The number of nitrogens with one attached hydrogen (secondary N) is 2. The zero-order valence-corrected chi connectivity index (χ0v) is 13.7. The normalized spacial score (nSPS) is 22.9. The van der Waals surface area contributed by atoms with Crippen molar-refractivity contribution in [2.24, 2.45) is 17.7 Å². The van der Waals surface area contributed by atoms with Crippen LogP contribution in [0.5, 0.6) is 0 Å². The smallest absolute Gasteiger partial charge is 0.244 e. The van der Waals surface area contributed by atoms with Crippen LogP contribution in [0.25, 0.3) is 0 Å². The number of sulfonamides is 1. The van der Waals surface area contributed by atoms with Crippen LogP contribution in [-0.2, 0) is 10.0 Å². The molecule has 1 aromatic rings. The highest BCUT2D eigenvalue weighted by molar-refractivity contribution is 9.10. The molecule has 6 nitrogen and oxygen atoms in total. The quantitative estimate of drug-likeness (QED) is 0.548. The number of aromatic nitrogens is 1. The lowest BCUT2D eigenvalue weighted by molar-refractivity contribution is 0.414. The molecule has 1 heterocycles. The van der Waals surface area contributed by atoms with Crippen LogP contribution in [0.2, 0.25) is 0 Å². The van der Waals surface area contributed by atoms with Gasteiger partial charge in [-0.2, -0.15) is 0 Å². The molecule has 0 saturated heterocycles. The molecule has 1 aliphatic carbocycles. The van der Waals surface area contributed by atoms with Crippen molar-refractivity contribution in [3.8, 4) is 0 Å². The molecule has 0 radical (unpaired) electrons. The average molecular weight is 363 g/mol. The van der Waals surface area contributed by atoms with Gasteiger partial charge in [0.1, 0.15) is 4.90 Å². The highest BCUT2D eigenvalue weighted by Crippen LogP contribution is 2.31. The molecule has 1 fully saturated rings. The van der Waals surface area contributed by atoms with Gasteiger partial charge in [0.2, 0.25) is 10.0 Å². The van der Waals surface area contributed by atoms with Gasteiger partial charge >= 0.3 is 0 Å². The van der Waals surface area contributed by atoms with Gasteiger partial charge in [0.15, 0.2) is 5.82 Å². The summed E-state index contributed by atoms with van der Waals surface area (Å²) >= 11 is 3.22. The van der Waals surface area contributed by atoms with Gasteiger partial charge in [0.05, 0.1) is 0 Å². The van der Waals surface area contributed by atoms with Crippen molar-refractivity contribution in [2.75, 3.05) is 12.0 Å². The number of nitrogen functional groups attached to an aromatic ring is 1. The molecule has 2 atom stereocenters. The first-order chi connectivity index (χ1) is 9.44. The maximum absolute atomic E-state index is 12.4. The van der Waals surface area contributed by atoms with E-state index in [1.54, 1.807) is 0 Å². The van der Waals surface area contributed by atoms with Crippen LogP contribution >= 0.6 is 15.9 Å². The number of hydrazine groups is 1. The van der Waals surface area contributed by atoms with Crippen LogP contribution in [0.3, 0.4) is 0 Å². The van der Waals surface area contributed by atoms with Crippen molar-refractivity contribution in [3.05, 3.63) is 16.7 Å². The number of halogens is 1. The van der Waals surface area contributed by atoms with Crippen molar-refractivity contribution in [1.29, 1.82) is 0 Å². The molecule has 0 aliphatic heterocycles. The summed E-state index contributed by atoms with van der Waals surface area (Å²) in [5.41, 5.74) is 2.31. The van der Waals surface area contributed by atoms with Crippen LogP contribution in [0.15, 0.2) is 21.6 Å². The van der Waals surface area contributed by atoms with Gasteiger partial charge in [-0.05, 0) is 40.3 Å². The van der Waals surface area contributed by atoms with E-state index in [1.165, 1.54) is 25.1 Å². The zero-order chi connectivity index (χ0) is 14.8. The molecule has 112 valence electrons. The molecule has 20 heavy (non-hydrogen) atoms. The fraction of sp³-hybridized carbons (Fsp3) is 0.583. The molecular weight excluding hydrogens is 344 g/mol. The maximum Gasteiger partial charge on any atom is 0.244 e. The van der Waals surface area contributed by atoms with E-state index < -0.39 is 10.0 Å². The van der Waals surface area contributed by atoms with Gasteiger partial charge in [-0.1, -0.05) is 19.8 Å². The largest absolute Gasteiger partial charge is 0.307 e. The van der Waals surface area contributed by atoms with Gasteiger partial charge in [-0.15, -0.1) is 0 Å². The molecule has 8 heteroatoms. The second kappa shape index (κ2) is 6.38. The summed E-state index contributed by atoms with van der Waals surface area (Å²) in [5, 5.41) is 0. The van der Waals surface area contributed by atoms with Crippen molar-refractivity contribution in [1.82, 2.24) is 9.71 Å². The highest BCUT2D eigenvalue weighted by atomic mass is 79.9. The molecule has 0 amide bonds. The van der Waals surface area contributed by atoms with E-state index in [0.29, 0.717) is 22.9 Å². The first-order valence-corrected chi connectivity index (χ1v) is 8.83. The summed E-state index contributed by atoms with van der Waals surface area (Å²) in [6, 6.07) is 1.49. The summed E-state index contributed by atoms with van der Waals surface area (Å²) in [6.45, 7) is 2.62. The minimum absolute atomic E-state index is 0.0556. The Morgan fingerprint density at radius 2 is 2.25 bits per heavy atom. The molecule has 2 rings (SSSR count). The highest BCUT2D eigenvalue weighted by Gasteiger charge is 2.26. The Balaban J connectivity index is 2.15. The van der Waals surface area contributed by atoms with E-state index in [9.17, 15) is 8.42 Å². The Hall–Kier alpha value is -0.700. The number of hydrogen-bond donors (Lipinski definition) is 3. The van der Waals surface area contributed by atoms with Crippen LogP contribution < -0.4 is 16.0 Å². The summed E-state index contributed by atoms with van der Waals surface area (Å²) in [4.78, 5) is 4.01. The van der Waals surface area contributed by atoms with Gasteiger partial charge in [0.25, 0.3) is 0 Å². The monoisotopic (exact) mass is 362 g/mol. The van der Waals surface area contributed by atoms with Crippen LogP contribution in [0, 0.1) is 11.8 Å². The van der Waals surface area contributed by atoms with Crippen molar-refractivity contribution in [3.63, 3.8) is 0 Å². The molecule has 4 N–H and O–H groups in total. The second-order valence-electron chi connectivity index (χ2n) is 5.16. The van der Waals surface area contributed by atoms with Gasteiger partial charge in [-0.3, -0.25) is 0 Å². The number of rotatable bonds is 5. The predicted molar refractivity (Wildman–Crippen MR) is 81.4 cm³/mol. The lowest BCUT2D eigenvalue weighted by Crippen LogP contribution is -2.31. The lowest BCUT2D eigenvalue weighted by Gasteiger charge is -2.17. The van der Waals surface area contributed by atoms with Gasteiger partial charge < -0.3 is 5.43 Å². The molecule has 1 aromatic heterocycles. The molecule has 1 aliphatic rings. The maximum atomic E-state index is 12.4. The van der Waals surface area contributed by atoms with Crippen molar-refractivity contribution in [2.45, 2.75) is 31.1 Å². The molecular formula is C12H19BrN4O2S. The van der Waals surface area contributed by atoms with Crippen LogP contribution in [0.4, 0.5) is 5.82 Å². The Bertz CT molecular complexity index is 579. The third-order valence-electron chi connectivity index (χ3n) is 3.82. The summed E-state index contributed by atoms with van der Waals surface area (Å²) in [6.07, 6.45) is 4.90. The Morgan fingerprint density at radius 1 is 1.50 bits per heavy atom. The standard InChI is InChI=1S/C12H19BrN4O2S/c1-8-3-2-4-9(8)6-16-20(18,19)11-5-10(13)7-15-12(11)17-14/h5,7-9,16H,2-4,6,14H2,1H3,(H,15,17). The number of nitrogens with zero attached hydrogens (tertiary/aromatic N) is 1.